The van der Waals surface area contributed by atoms with Crippen LogP contribution in [-0.4, -0.2) is 87.4 Å². The van der Waals surface area contributed by atoms with E-state index in [9.17, 15) is 19.5 Å². The molecule has 0 aliphatic rings. The van der Waals surface area contributed by atoms with E-state index in [4.69, 9.17) is 18.9 Å². The molecule has 2 unspecified atom stereocenters. The lowest BCUT2D eigenvalue weighted by Gasteiger charge is -2.25. The fourth-order valence-electron chi connectivity index (χ4n) is 12.1. The van der Waals surface area contributed by atoms with E-state index in [0.29, 0.717) is 23.9 Å². The third-order valence-corrected chi connectivity index (χ3v) is 18.6. The van der Waals surface area contributed by atoms with Crippen molar-refractivity contribution >= 4 is 17.9 Å². The third kappa shape index (κ3) is 84.3. The molecule has 103 heavy (non-hydrogen) atoms. The van der Waals surface area contributed by atoms with Crippen molar-refractivity contribution in [2.75, 3.05) is 47.5 Å². The van der Waals surface area contributed by atoms with Crippen LogP contribution in [0.25, 0.3) is 0 Å². The van der Waals surface area contributed by atoms with Crippen LogP contribution in [0.4, 0.5) is 0 Å². The van der Waals surface area contributed by atoms with Gasteiger partial charge in [0.25, 0.3) is 6.29 Å². The molecular formula is C94H162NO8+. The number of hydrogen-bond donors (Lipinski definition) is 1. The molecule has 0 saturated carbocycles. The predicted octanol–water partition coefficient (Wildman–Crippen LogP) is 28.2. The number of quaternary nitrogens is 1. The Hall–Kier alpha value is -4.83. The normalized spacial score (nSPS) is 13.4. The summed E-state index contributed by atoms with van der Waals surface area (Å²) in [6.45, 7) is 4.68. The Balaban J connectivity index is 3.98. The largest absolute Gasteiger partial charge is 0.477 e. The molecule has 0 aliphatic carbocycles. The van der Waals surface area contributed by atoms with Crippen molar-refractivity contribution in [2.24, 2.45) is 0 Å². The van der Waals surface area contributed by atoms with Gasteiger partial charge in [-0.1, -0.05) is 391 Å². The van der Waals surface area contributed by atoms with Crippen molar-refractivity contribution in [3.05, 3.63) is 146 Å². The number of nitrogens with zero attached hydrogens (tertiary/aromatic N) is 1. The molecule has 1 N–H and O–H groups in total. The van der Waals surface area contributed by atoms with E-state index < -0.39 is 24.3 Å². The zero-order chi connectivity index (χ0) is 74.6. The first-order chi connectivity index (χ1) is 50.6. The number of hydrogen-bond acceptors (Lipinski definition) is 7. The first kappa shape index (κ1) is 98.2. The van der Waals surface area contributed by atoms with E-state index in [1.807, 2.05) is 21.1 Å². The number of carboxylic acid groups (broad SMARTS) is 1. The van der Waals surface area contributed by atoms with Gasteiger partial charge in [-0.25, -0.2) is 4.79 Å². The molecule has 0 radical (unpaired) electrons. The van der Waals surface area contributed by atoms with E-state index in [1.165, 1.54) is 225 Å². The topological polar surface area (TPSA) is 108 Å². The van der Waals surface area contributed by atoms with Gasteiger partial charge in [0, 0.05) is 12.8 Å². The van der Waals surface area contributed by atoms with Gasteiger partial charge in [-0.15, -0.1) is 0 Å². The summed E-state index contributed by atoms with van der Waals surface area (Å²) in [5.74, 6) is -1.99. The number of likely N-dealkylation sites (N-methyl/N-ethyl adjacent to an activating group) is 1. The Kier molecular flexibility index (Phi) is 78.9. The Bertz CT molecular complexity index is 2220. The van der Waals surface area contributed by atoms with Gasteiger partial charge < -0.3 is 28.5 Å². The van der Waals surface area contributed by atoms with Crippen LogP contribution in [0.1, 0.15) is 373 Å². The van der Waals surface area contributed by atoms with E-state index in [-0.39, 0.29) is 32.2 Å². The Labute approximate surface area is 636 Å². The zero-order valence-electron chi connectivity index (χ0n) is 67.7. The second-order valence-corrected chi connectivity index (χ2v) is 29.7. The molecule has 9 nitrogen and oxygen atoms in total. The van der Waals surface area contributed by atoms with Crippen molar-refractivity contribution in [3.8, 4) is 0 Å². The summed E-state index contributed by atoms with van der Waals surface area (Å²) >= 11 is 0. The first-order valence-corrected chi connectivity index (χ1v) is 43.0. The average molecular weight is 1430 g/mol. The van der Waals surface area contributed by atoms with Gasteiger partial charge in [0.15, 0.2) is 6.10 Å². The maximum absolute atomic E-state index is 13.0. The third-order valence-electron chi connectivity index (χ3n) is 18.6. The molecule has 0 rings (SSSR count). The molecule has 0 aliphatic heterocycles. The number of carbonyl (C=O) groups excluding carboxylic acids is 2. The number of carbonyl (C=O) groups is 3. The van der Waals surface area contributed by atoms with Crippen molar-refractivity contribution in [2.45, 2.75) is 386 Å². The van der Waals surface area contributed by atoms with Gasteiger partial charge in [0.2, 0.25) is 0 Å². The minimum atomic E-state index is -1.52. The quantitative estimate of drug-likeness (QED) is 0.0211. The molecule has 0 bridgehead atoms. The Morgan fingerprint density at radius 3 is 0.777 bits per heavy atom. The average Bonchev–Trinajstić information content (AvgIpc) is 1.16. The highest BCUT2D eigenvalue weighted by Crippen LogP contribution is 2.19. The minimum Gasteiger partial charge on any atom is -0.477 e. The number of rotatable bonds is 79. The molecule has 2 atom stereocenters. The summed E-state index contributed by atoms with van der Waals surface area (Å²) in [5.41, 5.74) is 0. The maximum Gasteiger partial charge on any atom is 0.361 e. The molecule has 0 heterocycles. The number of allylic oxidation sites excluding steroid dienone is 24. The fraction of sp³-hybridized carbons (Fsp3) is 0.713. The predicted molar refractivity (Wildman–Crippen MR) is 447 cm³/mol. The minimum absolute atomic E-state index is 0.184. The summed E-state index contributed by atoms with van der Waals surface area (Å²) in [6.07, 6.45) is 119. The van der Waals surface area contributed by atoms with E-state index in [2.05, 4.69) is 160 Å². The number of ether oxygens (including phenoxy) is 4. The smallest absolute Gasteiger partial charge is 0.361 e. The molecule has 0 spiro atoms. The van der Waals surface area contributed by atoms with Crippen molar-refractivity contribution in [1.29, 1.82) is 0 Å². The van der Waals surface area contributed by atoms with Crippen LogP contribution < -0.4 is 0 Å². The summed E-state index contributed by atoms with van der Waals surface area (Å²) < 4.78 is 23.1. The number of aliphatic carboxylic acids is 1. The van der Waals surface area contributed by atoms with Crippen molar-refractivity contribution in [1.82, 2.24) is 0 Å². The second kappa shape index (κ2) is 82.8. The van der Waals surface area contributed by atoms with Gasteiger partial charge >= 0.3 is 17.9 Å². The van der Waals surface area contributed by atoms with Crippen LogP contribution in [0.2, 0.25) is 0 Å². The van der Waals surface area contributed by atoms with Gasteiger partial charge in [0.1, 0.15) is 13.2 Å². The van der Waals surface area contributed by atoms with Gasteiger partial charge in [0.05, 0.1) is 34.4 Å². The molecule has 0 aromatic carbocycles. The van der Waals surface area contributed by atoms with Crippen LogP contribution in [0.5, 0.6) is 0 Å². The molecule has 0 saturated heterocycles. The lowest BCUT2D eigenvalue weighted by Crippen LogP contribution is -2.40. The number of esters is 2. The molecule has 0 fully saturated rings. The molecule has 0 aromatic rings. The van der Waals surface area contributed by atoms with Crippen molar-refractivity contribution in [3.63, 3.8) is 0 Å². The zero-order valence-corrected chi connectivity index (χ0v) is 67.7. The molecule has 0 amide bonds. The fourth-order valence-corrected chi connectivity index (χ4v) is 12.1. The van der Waals surface area contributed by atoms with E-state index in [1.54, 1.807) is 0 Å². The maximum atomic E-state index is 13.0. The molecule has 590 valence electrons. The lowest BCUT2D eigenvalue weighted by atomic mass is 10.0. The van der Waals surface area contributed by atoms with E-state index >= 15 is 0 Å². The summed E-state index contributed by atoms with van der Waals surface area (Å²) in [7, 11) is 5.99. The number of carboxylic acids is 1. The molecule has 0 aromatic heterocycles. The molecule has 9 heteroatoms. The number of unbranched alkanes of at least 4 members (excludes halogenated alkanes) is 40. The SMILES string of the molecule is CC/C=C\C/C=C\C/C=C\C/C=C\C/C=C\C/C=C\C/C=C\C/C=C\CCCCCCCCCCCCCCC(=O)OC(COC(=O)CCCCCCCCCCCCCCCCCCCCCCCCCCCCCC/C=C\C/C=C\C/C=C\C/C=C\CC)COC(OCC[N+](C)(C)C)C(=O)O. The van der Waals surface area contributed by atoms with Crippen LogP contribution in [0, 0.1) is 0 Å². The highest BCUT2D eigenvalue weighted by molar-refractivity contribution is 5.71. The monoisotopic (exact) mass is 1430 g/mol. The highest BCUT2D eigenvalue weighted by atomic mass is 16.7. The lowest BCUT2D eigenvalue weighted by molar-refractivity contribution is -0.870. The van der Waals surface area contributed by atoms with Crippen LogP contribution >= 0.6 is 0 Å². The van der Waals surface area contributed by atoms with Crippen LogP contribution in [-0.2, 0) is 33.3 Å². The Morgan fingerprint density at radius 2 is 0.524 bits per heavy atom. The molecular weight excluding hydrogens is 1270 g/mol. The summed E-state index contributed by atoms with van der Waals surface area (Å²) in [5, 5.41) is 9.79. The Morgan fingerprint density at radius 1 is 0.291 bits per heavy atom. The summed E-state index contributed by atoms with van der Waals surface area (Å²) in [6, 6.07) is 0. The standard InChI is InChI=1S/C94H161NO8/c1-6-8-10-12-14-16-18-20-22-24-26-28-30-32-34-36-38-40-42-44-45-46-47-49-50-52-54-56-58-60-62-64-66-68-70-72-74-76-78-80-82-84-91(96)101-88-90(89-102-94(93(98)99)100-87-86-95(3,4)5)103-92(97)85-83-81-79-77-75-73-71-69-67-65-63-61-59-57-55-53-51-48-43-41-39-37-35-33-31-29-27-25-23-21-19-17-15-13-11-9-7-2/h8-11,14-17,20-23,26-29,33,35,39,41,48,51,55,57,90,94H,6-7,12-13,18-19,24-25,30-32,34,36-38,40,42-47,49-50,52-54,56,58-89H2,1-5H3/p+1/b10-8-,11-9-,16-14-,17-15-,22-20-,23-21-,28-26-,29-27-,35-33-,41-39-,51-48-,57-55-. The highest BCUT2D eigenvalue weighted by Gasteiger charge is 2.25. The first-order valence-electron chi connectivity index (χ1n) is 43.0. The van der Waals surface area contributed by atoms with Gasteiger partial charge in [-0.2, -0.15) is 0 Å². The van der Waals surface area contributed by atoms with Crippen LogP contribution in [0.3, 0.4) is 0 Å². The van der Waals surface area contributed by atoms with Gasteiger partial charge in [-0.05, 0) is 116 Å². The van der Waals surface area contributed by atoms with Gasteiger partial charge in [-0.3, -0.25) is 9.59 Å². The van der Waals surface area contributed by atoms with Crippen molar-refractivity contribution < 1.29 is 42.9 Å². The summed E-state index contributed by atoms with van der Waals surface area (Å²) in [4.78, 5) is 37.8. The second-order valence-electron chi connectivity index (χ2n) is 29.7. The van der Waals surface area contributed by atoms with E-state index in [0.717, 1.165) is 116 Å². The van der Waals surface area contributed by atoms with Crippen LogP contribution in [0.15, 0.2) is 146 Å².